The van der Waals surface area contributed by atoms with Crippen LogP contribution in [0, 0.1) is 0 Å². The molecule has 0 amide bonds. The number of carbonyl (C=O) groups is 3. The van der Waals surface area contributed by atoms with Crippen molar-refractivity contribution in [2.75, 3.05) is 13.2 Å². The Morgan fingerprint density at radius 1 is 0.933 bits per heavy atom. The van der Waals surface area contributed by atoms with Crippen LogP contribution in [-0.4, -0.2) is 36.2 Å². The molecule has 0 aromatic carbocycles. The highest BCUT2D eigenvalue weighted by Gasteiger charge is 2.14. The first-order valence-corrected chi connectivity index (χ1v) is 4.55. The lowest BCUT2D eigenvalue weighted by Crippen LogP contribution is -2.19. The summed E-state index contributed by atoms with van der Waals surface area (Å²) in [4.78, 5) is 30.2. The Hall–Kier alpha value is -1.59. The minimum Gasteiger partial charge on any atom is -0.481 e. The van der Waals surface area contributed by atoms with Gasteiger partial charge in [-0.15, -0.1) is 0 Å². The number of ether oxygens (including phenoxy) is 2. The molecule has 0 rings (SSSR count). The summed E-state index contributed by atoms with van der Waals surface area (Å²) in [6.45, 7) is 5.23. The maximum absolute atomic E-state index is 10.4. The lowest BCUT2D eigenvalue weighted by atomic mass is 10.5. The minimum atomic E-state index is -0.927. The predicted molar refractivity (Wildman–Crippen MR) is 51.2 cm³/mol. The van der Waals surface area contributed by atoms with E-state index in [1.807, 2.05) is 0 Å². The number of carboxylic acids is 1. The molecule has 0 aliphatic carbocycles. The Kier molecular flexibility index (Phi) is 11.1. The van der Waals surface area contributed by atoms with Gasteiger partial charge in [-0.25, -0.2) is 9.59 Å². The molecule has 0 heterocycles. The summed E-state index contributed by atoms with van der Waals surface area (Å²) in [6.07, 6.45) is 0.222. The van der Waals surface area contributed by atoms with Crippen LogP contribution in [-0.2, 0) is 23.9 Å². The number of aliphatic carboxylic acids is 1. The number of rotatable bonds is 3. The lowest BCUT2D eigenvalue weighted by molar-refractivity contribution is -0.167. The van der Waals surface area contributed by atoms with Crippen LogP contribution in [0.4, 0.5) is 0 Å². The number of hydrogen-bond acceptors (Lipinski definition) is 5. The van der Waals surface area contributed by atoms with Crippen LogP contribution in [0.15, 0.2) is 0 Å². The van der Waals surface area contributed by atoms with Gasteiger partial charge in [0, 0.05) is 6.42 Å². The van der Waals surface area contributed by atoms with E-state index in [0.29, 0.717) is 0 Å². The van der Waals surface area contributed by atoms with E-state index in [4.69, 9.17) is 5.11 Å². The van der Waals surface area contributed by atoms with E-state index in [2.05, 4.69) is 9.47 Å². The van der Waals surface area contributed by atoms with Gasteiger partial charge < -0.3 is 14.6 Å². The molecule has 0 spiro atoms. The molecular formula is C9H16O6. The van der Waals surface area contributed by atoms with Gasteiger partial charge in [-0.3, -0.25) is 4.79 Å². The largest absolute Gasteiger partial charge is 0.481 e. The van der Waals surface area contributed by atoms with Crippen molar-refractivity contribution < 1.29 is 29.0 Å². The Balaban J connectivity index is 0. The van der Waals surface area contributed by atoms with E-state index in [1.165, 1.54) is 0 Å². The zero-order chi connectivity index (χ0) is 12.3. The highest BCUT2D eigenvalue weighted by Crippen LogP contribution is 1.82. The van der Waals surface area contributed by atoms with Gasteiger partial charge in [0.1, 0.15) is 0 Å². The monoisotopic (exact) mass is 220 g/mol. The van der Waals surface area contributed by atoms with Gasteiger partial charge in [-0.1, -0.05) is 6.92 Å². The van der Waals surface area contributed by atoms with Crippen molar-refractivity contribution in [3.8, 4) is 0 Å². The van der Waals surface area contributed by atoms with E-state index in [9.17, 15) is 14.4 Å². The molecule has 0 aliphatic heterocycles. The highest BCUT2D eigenvalue weighted by atomic mass is 16.6. The summed E-state index contributed by atoms with van der Waals surface area (Å²) < 4.78 is 8.69. The number of esters is 2. The van der Waals surface area contributed by atoms with Gasteiger partial charge in [0.05, 0.1) is 13.2 Å². The molecule has 15 heavy (non-hydrogen) atoms. The Labute approximate surface area is 88.2 Å². The van der Waals surface area contributed by atoms with Crippen molar-refractivity contribution >= 4 is 17.9 Å². The van der Waals surface area contributed by atoms with Crippen LogP contribution >= 0.6 is 0 Å². The van der Waals surface area contributed by atoms with Crippen molar-refractivity contribution in [3.63, 3.8) is 0 Å². The molecule has 0 aromatic rings. The first-order valence-electron chi connectivity index (χ1n) is 4.55. The normalized spacial score (nSPS) is 8.20. The first-order chi connectivity index (χ1) is 6.99. The molecule has 0 radical (unpaired) electrons. The fraction of sp³-hybridized carbons (Fsp3) is 0.667. The molecule has 0 atom stereocenters. The van der Waals surface area contributed by atoms with E-state index in [0.717, 1.165) is 0 Å². The van der Waals surface area contributed by atoms with Crippen LogP contribution in [0.5, 0.6) is 0 Å². The third-order valence-electron chi connectivity index (χ3n) is 1.02. The van der Waals surface area contributed by atoms with Gasteiger partial charge >= 0.3 is 17.9 Å². The molecule has 0 saturated carbocycles. The molecular weight excluding hydrogens is 204 g/mol. The van der Waals surface area contributed by atoms with Crippen molar-refractivity contribution in [1.29, 1.82) is 0 Å². The summed E-state index contributed by atoms with van der Waals surface area (Å²) in [5, 5.41) is 7.72. The van der Waals surface area contributed by atoms with Gasteiger partial charge in [0.2, 0.25) is 0 Å². The molecule has 6 nitrogen and oxygen atoms in total. The van der Waals surface area contributed by atoms with Crippen LogP contribution in [0.25, 0.3) is 0 Å². The Bertz CT molecular complexity index is 195. The lowest BCUT2D eigenvalue weighted by Gasteiger charge is -1.99. The molecule has 1 N–H and O–H groups in total. The third kappa shape index (κ3) is 12.4. The summed E-state index contributed by atoms with van der Waals surface area (Å²) in [6, 6.07) is 0. The van der Waals surface area contributed by atoms with Crippen molar-refractivity contribution in [3.05, 3.63) is 0 Å². The quantitative estimate of drug-likeness (QED) is 0.553. The maximum atomic E-state index is 10.4. The van der Waals surface area contributed by atoms with E-state index < -0.39 is 17.9 Å². The zero-order valence-corrected chi connectivity index (χ0v) is 9.11. The molecule has 0 saturated heterocycles. The molecule has 0 aliphatic rings. The summed E-state index contributed by atoms with van der Waals surface area (Å²) in [5.74, 6) is -2.60. The number of carboxylic acid groups (broad SMARTS) is 1. The minimum absolute atomic E-state index is 0.192. The van der Waals surface area contributed by atoms with Gasteiger partial charge in [-0.05, 0) is 13.8 Å². The van der Waals surface area contributed by atoms with E-state index in [-0.39, 0.29) is 19.6 Å². The number of carbonyl (C=O) groups excluding carboxylic acids is 2. The fourth-order valence-electron chi connectivity index (χ4n) is 0.380. The molecule has 0 bridgehead atoms. The molecule has 88 valence electrons. The van der Waals surface area contributed by atoms with Crippen LogP contribution < -0.4 is 0 Å². The molecule has 0 fully saturated rings. The summed E-state index contributed by atoms with van der Waals surface area (Å²) >= 11 is 0. The maximum Gasteiger partial charge on any atom is 0.417 e. The second-order valence-corrected chi connectivity index (χ2v) is 2.19. The van der Waals surface area contributed by atoms with Crippen LogP contribution in [0.1, 0.15) is 27.2 Å². The molecule has 6 heteroatoms. The molecule has 0 unspecified atom stereocenters. The average molecular weight is 220 g/mol. The van der Waals surface area contributed by atoms with Crippen LogP contribution in [0.3, 0.4) is 0 Å². The van der Waals surface area contributed by atoms with Gasteiger partial charge in [0.25, 0.3) is 0 Å². The predicted octanol–water partition coefficient (Wildman–Crippen LogP) is 0.594. The summed E-state index contributed by atoms with van der Waals surface area (Å²) in [7, 11) is 0. The van der Waals surface area contributed by atoms with E-state index in [1.54, 1.807) is 20.8 Å². The fourth-order valence-corrected chi connectivity index (χ4v) is 0.380. The van der Waals surface area contributed by atoms with Crippen LogP contribution in [0.2, 0.25) is 0 Å². The smallest absolute Gasteiger partial charge is 0.417 e. The highest BCUT2D eigenvalue weighted by molar-refractivity contribution is 6.29. The van der Waals surface area contributed by atoms with Crippen molar-refractivity contribution in [2.45, 2.75) is 27.2 Å². The Morgan fingerprint density at radius 2 is 1.20 bits per heavy atom. The topological polar surface area (TPSA) is 89.9 Å². The molecule has 0 aromatic heterocycles. The second-order valence-electron chi connectivity index (χ2n) is 2.19. The van der Waals surface area contributed by atoms with Crippen molar-refractivity contribution in [1.82, 2.24) is 0 Å². The first kappa shape index (κ1) is 15.9. The summed E-state index contributed by atoms with van der Waals surface area (Å²) in [5.41, 5.74) is 0. The van der Waals surface area contributed by atoms with Gasteiger partial charge in [0.15, 0.2) is 0 Å². The SMILES string of the molecule is CCC(=O)O.CCOC(=O)C(=O)OCC. The van der Waals surface area contributed by atoms with Gasteiger partial charge in [-0.2, -0.15) is 0 Å². The third-order valence-corrected chi connectivity index (χ3v) is 1.02. The standard InChI is InChI=1S/C6H10O4.C3H6O2/c1-3-9-5(7)6(8)10-4-2;1-2-3(4)5/h3-4H2,1-2H3;2H2,1H3,(H,4,5). The van der Waals surface area contributed by atoms with E-state index >= 15 is 0 Å². The Morgan fingerprint density at radius 3 is 1.33 bits per heavy atom. The average Bonchev–Trinajstić information content (AvgIpc) is 2.19. The number of hydrogen-bond donors (Lipinski definition) is 1. The van der Waals surface area contributed by atoms with Crippen molar-refractivity contribution in [2.24, 2.45) is 0 Å². The second kappa shape index (κ2) is 10.5. The zero-order valence-electron chi connectivity index (χ0n) is 9.11.